The Morgan fingerprint density at radius 2 is 1.53 bits per heavy atom. The van der Waals surface area contributed by atoms with Crippen LogP contribution in [0.15, 0.2) is 66.4 Å². The molecule has 96 valence electrons. The molecule has 0 aromatic heterocycles. The summed E-state index contributed by atoms with van der Waals surface area (Å²) in [5, 5.41) is 0. The highest BCUT2D eigenvalue weighted by Crippen LogP contribution is 2.16. The van der Waals surface area contributed by atoms with E-state index in [0.29, 0.717) is 5.75 Å². The molecule has 0 heterocycles. The summed E-state index contributed by atoms with van der Waals surface area (Å²) < 4.78 is 10.3. The van der Waals surface area contributed by atoms with E-state index in [-0.39, 0.29) is 5.76 Å². The summed E-state index contributed by atoms with van der Waals surface area (Å²) in [4.78, 5) is 11.7. The van der Waals surface area contributed by atoms with E-state index in [4.69, 9.17) is 9.47 Å². The van der Waals surface area contributed by atoms with Gasteiger partial charge in [-0.2, -0.15) is 0 Å². The zero-order chi connectivity index (χ0) is 13.5. The second kappa shape index (κ2) is 6.40. The third-order valence-corrected chi connectivity index (χ3v) is 2.45. The first-order valence-electron chi connectivity index (χ1n) is 5.87. The zero-order valence-corrected chi connectivity index (χ0v) is 10.6. The molecular formula is C16H14O3. The summed E-state index contributed by atoms with van der Waals surface area (Å²) in [7, 11) is 1.33. The van der Waals surface area contributed by atoms with E-state index in [0.717, 1.165) is 5.56 Å². The molecule has 19 heavy (non-hydrogen) atoms. The molecule has 2 rings (SSSR count). The molecule has 0 atom stereocenters. The Balaban J connectivity index is 2.27. The lowest BCUT2D eigenvalue weighted by Gasteiger charge is -2.08. The summed E-state index contributed by atoms with van der Waals surface area (Å²) in [5.41, 5.74) is 0.874. The molecule has 0 aliphatic heterocycles. The number of benzene rings is 2. The summed E-state index contributed by atoms with van der Waals surface area (Å²) in [6.07, 6.45) is 1.65. The van der Waals surface area contributed by atoms with Gasteiger partial charge in [0.2, 0.25) is 5.76 Å². The number of hydrogen-bond donors (Lipinski definition) is 0. The Labute approximate surface area is 112 Å². The number of rotatable bonds is 4. The Morgan fingerprint density at radius 1 is 0.947 bits per heavy atom. The highest BCUT2D eigenvalue weighted by molar-refractivity contribution is 5.91. The van der Waals surface area contributed by atoms with Crippen molar-refractivity contribution in [3.05, 3.63) is 72.0 Å². The fourth-order valence-corrected chi connectivity index (χ4v) is 1.55. The molecule has 2 aromatic rings. The van der Waals surface area contributed by atoms with Crippen LogP contribution in [0.25, 0.3) is 6.08 Å². The standard InChI is InChI=1S/C16H14O3/c1-18-16(17)15(12-13-8-4-2-5-9-13)19-14-10-6-3-7-11-14/h2-12H,1H3/b15-12+. The maximum atomic E-state index is 11.7. The predicted octanol–water partition coefficient (Wildman–Crippen LogP) is 3.28. The smallest absolute Gasteiger partial charge is 0.373 e. The van der Waals surface area contributed by atoms with Gasteiger partial charge in [-0.05, 0) is 23.8 Å². The first kappa shape index (κ1) is 12.9. The van der Waals surface area contributed by atoms with Crippen molar-refractivity contribution in [3.63, 3.8) is 0 Å². The fourth-order valence-electron chi connectivity index (χ4n) is 1.55. The molecule has 0 saturated carbocycles. The van der Waals surface area contributed by atoms with E-state index in [1.807, 2.05) is 48.5 Å². The molecule has 0 spiro atoms. The molecule has 0 radical (unpaired) electrons. The lowest BCUT2D eigenvalue weighted by atomic mass is 10.2. The maximum Gasteiger partial charge on any atom is 0.373 e. The van der Waals surface area contributed by atoms with Crippen molar-refractivity contribution in [2.45, 2.75) is 0 Å². The van der Waals surface area contributed by atoms with Gasteiger partial charge in [0, 0.05) is 0 Å². The van der Waals surface area contributed by atoms with Gasteiger partial charge in [0.25, 0.3) is 0 Å². The first-order valence-corrected chi connectivity index (χ1v) is 5.87. The van der Waals surface area contributed by atoms with Crippen molar-refractivity contribution in [1.29, 1.82) is 0 Å². The van der Waals surface area contributed by atoms with Crippen LogP contribution in [0.5, 0.6) is 5.75 Å². The SMILES string of the molecule is COC(=O)/C(=C\c1ccccc1)Oc1ccccc1. The van der Waals surface area contributed by atoms with E-state index >= 15 is 0 Å². The van der Waals surface area contributed by atoms with E-state index in [2.05, 4.69) is 0 Å². The van der Waals surface area contributed by atoms with Crippen LogP contribution in [0.1, 0.15) is 5.56 Å². The van der Waals surface area contributed by atoms with Crippen LogP contribution in [0.3, 0.4) is 0 Å². The van der Waals surface area contributed by atoms with Crippen LogP contribution >= 0.6 is 0 Å². The topological polar surface area (TPSA) is 35.5 Å². The van der Waals surface area contributed by atoms with E-state index in [1.54, 1.807) is 18.2 Å². The summed E-state index contributed by atoms with van der Waals surface area (Å²) >= 11 is 0. The van der Waals surface area contributed by atoms with Gasteiger partial charge < -0.3 is 9.47 Å². The zero-order valence-electron chi connectivity index (χ0n) is 10.6. The minimum atomic E-state index is -0.507. The number of methoxy groups -OCH3 is 1. The number of carbonyl (C=O) groups is 1. The molecule has 3 nitrogen and oxygen atoms in total. The van der Waals surface area contributed by atoms with E-state index in [9.17, 15) is 4.79 Å². The minimum Gasteiger partial charge on any atom is -0.463 e. The second-order valence-corrected chi connectivity index (χ2v) is 3.83. The number of hydrogen-bond acceptors (Lipinski definition) is 3. The maximum absolute atomic E-state index is 11.7. The van der Waals surface area contributed by atoms with Crippen molar-refractivity contribution >= 4 is 12.0 Å². The van der Waals surface area contributed by atoms with E-state index in [1.165, 1.54) is 7.11 Å². The number of ether oxygens (including phenoxy) is 2. The van der Waals surface area contributed by atoms with Gasteiger partial charge in [0.1, 0.15) is 5.75 Å². The molecule has 0 fully saturated rings. The quantitative estimate of drug-likeness (QED) is 0.477. The number of esters is 1. The van der Waals surface area contributed by atoms with Gasteiger partial charge in [-0.15, -0.1) is 0 Å². The summed E-state index contributed by atoms with van der Waals surface area (Å²) in [6, 6.07) is 18.6. The summed E-state index contributed by atoms with van der Waals surface area (Å²) in [6.45, 7) is 0. The van der Waals surface area contributed by atoms with Gasteiger partial charge in [0.05, 0.1) is 7.11 Å². The molecule has 0 aliphatic carbocycles. The average Bonchev–Trinajstić information content (AvgIpc) is 2.48. The molecular weight excluding hydrogens is 240 g/mol. The lowest BCUT2D eigenvalue weighted by molar-refractivity contribution is -0.138. The second-order valence-electron chi connectivity index (χ2n) is 3.83. The normalized spacial score (nSPS) is 10.9. The molecule has 3 heteroatoms. The average molecular weight is 254 g/mol. The Bertz CT molecular complexity index is 559. The van der Waals surface area contributed by atoms with Crippen LogP contribution in [0, 0.1) is 0 Å². The van der Waals surface area contributed by atoms with Gasteiger partial charge in [-0.1, -0.05) is 48.5 Å². The van der Waals surface area contributed by atoms with Crippen molar-refractivity contribution in [2.75, 3.05) is 7.11 Å². The molecule has 0 N–H and O–H groups in total. The number of para-hydroxylation sites is 1. The van der Waals surface area contributed by atoms with Gasteiger partial charge in [-0.25, -0.2) is 4.79 Å². The number of carbonyl (C=O) groups excluding carboxylic acids is 1. The van der Waals surface area contributed by atoms with Crippen molar-refractivity contribution < 1.29 is 14.3 Å². The Kier molecular flexibility index (Phi) is 4.34. The van der Waals surface area contributed by atoms with Crippen molar-refractivity contribution in [2.24, 2.45) is 0 Å². The lowest BCUT2D eigenvalue weighted by Crippen LogP contribution is -2.10. The largest absolute Gasteiger partial charge is 0.463 e. The predicted molar refractivity (Wildman–Crippen MR) is 73.5 cm³/mol. The van der Waals surface area contributed by atoms with Gasteiger partial charge >= 0.3 is 5.97 Å². The molecule has 0 unspecified atom stereocenters. The fraction of sp³-hybridized carbons (Fsp3) is 0.0625. The Hall–Kier alpha value is -2.55. The van der Waals surface area contributed by atoms with Crippen molar-refractivity contribution in [1.82, 2.24) is 0 Å². The first-order chi connectivity index (χ1) is 9.29. The minimum absolute atomic E-state index is 0.153. The van der Waals surface area contributed by atoms with Crippen LogP contribution in [-0.2, 0) is 9.53 Å². The monoisotopic (exact) mass is 254 g/mol. The van der Waals surface area contributed by atoms with Crippen LogP contribution in [-0.4, -0.2) is 13.1 Å². The van der Waals surface area contributed by atoms with Crippen LogP contribution in [0.4, 0.5) is 0 Å². The van der Waals surface area contributed by atoms with Crippen molar-refractivity contribution in [3.8, 4) is 5.75 Å². The third-order valence-electron chi connectivity index (χ3n) is 2.45. The van der Waals surface area contributed by atoms with E-state index < -0.39 is 5.97 Å². The Morgan fingerprint density at radius 3 is 2.11 bits per heavy atom. The van der Waals surface area contributed by atoms with Gasteiger partial charge in [0.15, 0.2) is 0 Å². The molecule has 0 saturated heterocycles. The molecule has 0 aliphatic rings. The highest BCUT2D eigenvalue weighted by atomic mass is 16.6. The molecule has 2 aromatic carbocycles. The van der Waals surface area contributed by atoms with Crippen LogP contribution < -0.4 is 4.74 Å². The van der Waals surface area contributed by atoms with Gasteiger partial charge in [-0.3, -0.25) is 0 Å². The molecule has 0 amide bonds. The van der Waals surface area contributed by atoms with Crippen LogP contribution in [0.2, 0.25) is 0 Å². The highest BCUT2D eigenvalue weighted by Gasteiger charge is 2.12. The summed E-state index contributed by atoms with van der Waals surface area (Å²) in [5.74, 6) is 0.239. The molecule has 0 bridgehead atoms. The third kappa shape index (κ3) is 3.71.